The van der Waals surface area contributed by atoms with Crippen LogP contribution in [0.5, 0.6) is 0 Å². The van der Waals surface area contributed by atoms with E-state index in [-0.39, 0.29) is 11.3 Å². The second kappa shape index (κ2) is 5.61. The van der Waals surface area contributed by atoms with Gasteiger partial charge in [0.15, 0.2) is 0 Å². The number of hydrogen-bond acceptors (Lipinski definition) is 4. The molecule has 21 heavy (non-hydrogen) atoms. The Labute approximate surface area is 128 Å². The highest BCUT2D eigenvalue weighted by Gasteiger charge is 2.45. The molecule has 0 fully saturated rings. The normalized spacial score (nSPS) is 13.4. The first kappa shape index (κ1) is 15.1. The zero-order valence-electron chi connectivity index (χ0n) is 11.0. The van der Waals surface area contributed by atoms with Gasteiger partial charge in [-0.1, -0.05) is 36.4 Å². The maximum absolute atomic E-state index is 11.6. The maximum Gasteiger partial charge on any atom is 0.325 e. The zero-order chi connectivity index (χ0) is 15.6. The Hall–Kier alpha value is -2.28. The molecule has 1 unspecified atom stereocenters. The number of non-ortho nitro benzene ring substituents is 1. The van der Waals surface area contributed by atoms with E-state index in [1.54, 1.807) is 37.3 Å². The molecule has 1 atom stereocenters. The van der Waals surface area contributed by atoms with E-state index in [1.807, 2.05) is 0 Å². The fraction of sp³-hybridized carbons (Fsp3) is 0.143. The van der Waals surface area contributed by atoms with Crippen LogP contribution in [0.2, 0.25) is 0 Å². The first-order valence-electron chi connectivity index (χ1n) is 6.02. The van der Waals surface area contributed by atoms with Gasteiger partial charge >= 0.3 is 4.45 Å². The van der Waals surface area contributed by atoms with Crippen molar-refractivity contribution in [1.82, 2.24) is 0 Å². The van der Waals surface area contributed by atoms with Crippen LogP contribution in [0, 0.1) is 27.2 Å². The molecule has 2 aromatic carbocycles. The summed E-state index contributed by atoms with van der Waals surface area (Å²) in [5.41, 5.74) is 1.06. The second-order valence-corrected chi connectivity index (χ2v) is 5.65. The number of benzene rings is 2. The van der Waals surface area contributed by atoms with E-state index in [0.717, 1.165) is 0 Å². The molecular weight excluding hydrogens is 340 g/mol. The van der Waals surface area contributed by atoms with Crippen molar-refractivity contribution in [2.45, 2.75) is 11.4 Å². The van der Waals surface area contributed by atoms with Gasteiger partial charge in [0, 0.05) is 38.5 Å². The summed E-state index contributed by atoms with van der Waals surface area (Å²) in [6, 6.07) is 12.4. The highest BCUT2D eigenvalue weighted by atomic mass is 79.9. The van der Waals surface area contributed by atoms with Crippen LogP contribution in [0.4, 0.5) is 5.69 Å². The molecule has 0 aliphatic rings. The van der Waals surface area contributed by atoms with Gasteiger partial charge in [-0.3, -0.25) is 20.2 Å². The van der Waals surface area contributed by atoms with Gasteiger partial charge in [0.1, 0.15) is 0 Å². The Bertz CT molecular complexity index is 705. The number of hydrogen-bond donors (Lipinski definition) is 0. The first-order chi connectivity index (χ1) is 9.87. The molecule has 0 aromatic heterocycles. The van der Waals surface area contributed by atoms with Crippen LogP contribution in [-0.4, -0.2) is 9.85 Å². The quantitative estimate of drug-likeness (QED) is 0.363. The summed E-state index contributed by atoms with van der Waals surface area (Å²) in [7, 11) is 0. The van der Waals surface area contributed by atoms with Crippen LogP contribution in [0.15, 0.2) is 48.5 Å². The molecule has 0 radical (unpaired) electrons. The average molecular weight is 351 g/mol. The monoisotopic (exact) mass is 350 g/mol. The third-order valence-electron chi connectivity index (χ3n) is 3.20. The van der Waals surface area contributed by atoms with E-state index >= 15 is 0 Å². The van der Waals surface area contributed by atoms with Crippen LogP contribution < -0.4 is 0 Å². The van der Waals surface area contributed by atoms with Crippen LogP contribution in [0.25, 0.3) is 0 Å². The molecule has 2 rings (SSSR count). The number of nitrogens with zero attached hydrogens (tertiary/aromatic N) is 2. The van der Waals surface area contributed by atoms with Crippen LogP contribution in [-0.2, 0) is 4.45 Å². The largest absolute Gasteiger partial charge is 0.325 e. The van der Waals surface area contributed by atoms with E-state index in [0.29, 0.717) is 11.1 Å². The van der Waals surface area contributed by atoms with Gasteiger partial charge < -0.3 is 0 Å². The van der Waals surface area contributed by atoms with Crippen LogP contribution >= 0.6 is 15.9 Å². The van der Waals surface area contributed by atoms with Gasteiger partial charge in [0.25, 0.3) is 5.69 Å². The summed E-state index contributed by atoms with van der Waals surface area (Å²) in [6.07, 6.45) is 0. The highest BCUT2D eigenvalue weighted by molar-refractivity contribution is 9.09. The Morgan fingerprint density at radius 2 is 1.67 bits per heavy atom. The molecule has 0 saturated heterocycles. The zero-order valence-corrected chi connectivity index (χ0v) is 12.6. The highest BCUT2D eigenvalue weighted by Crippen LogP contribution is 2.41. The summed E-state index contributed by atoms with van der Waals surface area (Å²) in [6.45, 7) is 1.68. The molecule has 0 N–H and O–H groups in total. The van der Waals surface area contributed by atoms with E-state index in [1.165, 1.54) is 18.2 Å². The van der Waals surface area contributed by atoms with Gasteiger partial charge in [0.05, 0.1) is 10.5 Å². The Balaban J connectivity index is 2.72. The summed E-state index contributed by atoms with van der Waals surface area (Å²) < 4.78 is -1.72. The van der Waals surface area contributed by atoms with E-state index < -0.39 is 14.3 Å². The second-order valence-electron chi connectivity index (χ2n) is 4.50. The number of rotatable bonds is 4. The number of nitro groups is 2. The number of alkyl halides is 1. The van der Waals surface area contributed by atoms with Gasteiger partial charge in [-0.2, -0.15) is 0 Å². The smallest absolute Gasteiger partial charge is 0.262 e. The summed E-state index contributed by atoms with van der Waals surface area (Å²) in [5.74, 6) is 0. The van der Waals surface area contributed by atoms with Gasteiger partial charge in [-0.05, 0) is 12.5 Å². The van der Waals surface area contributed by atoms with E-state index in [4.69, 9.17) is 0 Å². The van der Waals surface area contributed by atoms with Crippen molar-refractivity contribution < 1.29 is 9.85 Å². The lowest BCUT2D eigenvalue weighted by atomic mass is 9.95. The van der Waals surface area contributed by atoms with Gasteiger partial charge in [0.2, 0.25) is 0 Å². The van der Waals surface area contributed by atoms with Crippen molar-refractivity contribution in [3.05, 3.63) is 85.4 Å². The standard InChI is InChI=1S/C14H11BrN2O4/c1-10-7-8-12(16(18)19)9-13(10)14(15,17(20)21)11-5-3-2-4-6-11/h2-9H,1H3. The van der Waals surface area contributed by atoms with Crippen LogP contribution in [0.1, 0.15) is 16.7 Å². The maximum atomic E-state index is 11.6. The third kappa shape index (κ3) is 2.64. The fourth-order valence-corrected chi connectivity index (χ4v) is 2.79. The minimum absolute atomic E-state index is 0.183. The predicted molar refractivity (Wildman–Crippen MR) is 81.0 cm³/mol. The van der Waals surface area contributed by atoms with Crippen molar-refractivity contribution in [1.29, 1.82) is 0 Å². The lowest BCUT2D eigenvalue weighted by molar-refractivity contribution is -0.531. The van der Waals surface area contributed by atoms with Crippen molar-refractivity contribution in [3.8, 4) is 0 Å². The van der Waals surface area contributed by atoms with Crippen molar-refractivity contribution in [2.24, 2.45) is 0 Å². The SMILES string of the molecule is Cc1ccc([N+](=O)[O-])cc1C(Br)(c1ccccc1)[N+](=O)[O-]. The molecule has 0 saturated carbocycles. The Morgan fingerprint density at radius 3 is 2.19 bits per heavy atom. The molecule has 108 valence electrons. The first-order valence-corrected chi connectivity index (χ1v) is 6.81. The number of halogens is 1. The Morgan fingerprint density at radius 1 is 1.05 bits per heavy atom. The molecule has 0 heterocycles. The summed E-state index contributed by atoms with van der Waals surface area (Å²) >= 11 is 3.18. The molecule has 0 spiro atoms. The average Bonchev–Trinajstić information content (AvgIpc) is 2.47. The predicted octanol–water partition coefficient (Wildman–Crippen LogP) is 3.78. The van der Waals surface area contributed by atoms with E-state index in [9.17, 15) is 20.2 Å². The molecule has 0 bridgehead atoms. The minimum Gasteiger partial charge on any atom is -0.262 e. The fourth-order valence-electron chi connectivity index (χ4n) is 2.10. The molecule has 0 aliphatic heterocycles. The van der Waals surface area contributed by atoms with Gasteiger partial charge in [-0.25, -0.2) is 0 Å². The van der Waals surface area contributed by atoms with Crippen molar-refractivity contribution in [3.63, 3.8) is 0 Å². The Kier molecular flexibility index (Phi) is 4.04. The molecule has 0 aliphatic carbocycles. The molecular formula is C14H11BrN2O4. The molecule has 0 amide bonds. The molecule has 2 aromatic rings. The number of nitro benzene ring substituents is 1. The molecule has 6 nitrogen and oxygen atoms in total. The summed E-state index contributed by atoms with van der Waals surface area (Å²) in [5, 5.41) is 22.6. The van der Waals surface area contributed by atoms with Crippen LogP contribution in [0.3, 0.4) is 0 Å². The summed E-state index contributed by atoms with van der Waals surface area (Å²) in [4.78, 5) is 21.5. The molecule has 7 heteroatoms. The van der Waals surface area contributed by atoms with Gasteiger partial charge in [-0.15, -0.1) is 0 Å². The third-order valence-corrected chi connectivity index (χ3v) is 4.37. The van der Waals surface area contributed by atoms with Crippen molar-refractivity contribution >= 4 is 21.6 Å². The lowest BCUT2D eigenvalue weighted by Crippen LogP contribution is -2.30. The topological polar surface area (TPSA) is 86.3 Å². The van der Waals surface area contributed by atoms with Crippen molar-refractivity contribution in [2.75, 3.05) is 0 Å². The lowest BCUT2D eigenvalue weighted by Gasteiger charge is -2.21. The van der Waals surface area contributed by atoms with E-state index in [2.05, 4.69) is 15.9 Å². The minimum atomic E-state index is -1.72. The number of aryl methyl sites for hydroxylation is 1.